The maximum Gasteiger partial charge on any atom is 0.226 e. The van der Waals surface area contributed by atoms with E-state index in [4.69, 9.17) is 9.26 Å². The zero-order valence-electron chi connectivity index (χ0n) is 11.9. The molecule has 2 aromatic rings. The van der Waals surface area contributed by atoms with Crippen molar-refractivity contribution in [3.05, 3.63) is 36.0 Å². The molecule has 0 aliphatic carbocycles. The fourth-order valence-electron chi connectivity index (χ4n) is 2.62. The first-order valence-corrected chi connectivity index (χ1v) is 6.97. The van der Waals surface area contributed by atoms with Crippen LogP contribution in [0.3, 0.4) is 0 Å². The predicted molar refractivity (Wildman–Crippen MR) is 73.3 cm³/mol. The van der Waals surface area contributed by atoms with Gasteiger partial charge in [0, 0.05) is 31.5 Å². The van der Waals surface area contributed by atoms with Crippen LogP contribution >= 0.6 is 0 Å². The third-order valence-electron chi connectivity index (χ3n) is 3.74. The molecule has 0 bridgehead atoms. The van der Waals surface area contributed by atoms with Gasteiger partial charge in [-0.25, -0.2) is 0 Å². The Morgan fingerprint density at radius 3 is 3.10 bits per heavy atom. The Hall–Kier alpha value is -2.15. The molecule has 1 amide bonds. The number of aryl methyl sites for hydroxylation is 1. The van der Waals surface area contributed by atoms with E-state index in [-0.39, 0.29) is 12.3 Å². The number of carbonyl (C=O) groups is 1. The lowest BCUT2D eigenvalue weighted by molar-refractivity contribution is -0.122. The van der Waals surface area contributed by atoms with Gasteiger partial charge < -0.3 is 14.6 Å². The third kappa shape index (κ3) is 2.97. The molecule has 1 atom stereocenters. The molecule has 1 unspecified atom stereocenters. The van der Waals surface area contributed by atoms with E-state index in [1.807, 2.05) is 13.2 Å². The van der Waals surface area contributed by atoms with Gasteiger partial charge in [-0.15, -0.1) is 0 Å². The van der Waals surface area contributed by atoms with Crippen LogP contribution in [0.4, 0.5) is 0 Å². The highest BCUT2D eigenvalue weighted by atomic mass is 16.5. The first-order valence-electron chi connectivity index (χ1n) is 6.97. The molecule has 2 aromatic heterocycles. The molecule has 3 rings (SSSR count). The van der Waals surface area contributed by atoms with E-state index in [1.165, 1.54) is 6.26 Å². The van der Waals surface area contributed by atoms with E-state index in [2.05, 4.69) is 15.6 Å². The highest BCUT2D eigenvalue weighted by Gasteiger charge is 2.38. The van der Waals surface area contributed by atoms with E-state index < -0.39 is 5.60 Å². The van der Waals surface area contributed by atoms with Gasteiger partial charge >= 0.3 is 0 Å². The van der Waals surface area contributed by atoms with Crippen LogP contribution in [0.2, 0.25) is 0 Å². The molecule has 0 spiro atoms. The SMILES string of the molecule is Cn1cc(C2(CNC(=O)Cc3ccon3)CCCO2)cn1. The molecule has 21 heavy (non-hydrogen) atoms. The van der Waals surface area contributed by atoms with E-state index in [0.717, 1.165) is 18.4 Å². The van der Waals surface area contributed by atoms with Crippen molar-refractivity contribution in [3.8, 4) is 0 Å². The van der Waals surface area contributed by atoms with Gasteiger partial charge in [-0.2, -0.15) is 5.10 Å². The number of carbonyl (C=O) groups excluding carboxylic acids is 1. The number of hydrogen-bond donors (Lipinski definition) is 1. The minimum atomic E-state index is -0.465. The first-order chi connectivity index (χ1) is 10.2. The number of aromatic nitrogens is 3. The zero-order chi connectivity index (χ0) is 14.7. The van der Waals surface area contributed by atoms with Gasteiger partial charge in [0.05, 0.1) is 24.9 Å². The Bertz CT molecular complexity index is 600. The van der Waals surface area contributed by atoms with Gasteiger partial charge in [0.1, 0.15) is 11.9 Å². The van der Waals surface area contributed by atoms with Gasteiger partial charge in [0.2, 0.25) is 5.91 Å². The quantitative estimate of drug-likeness (QED) is 0.879. The summed E-state index contributed by atoms with van der Waals surface area (Å²) in [5.74, 6) is -0.0948. The third-order valence-corrected chi connectivity index (χ3v) is 3.74. The average Bonchev–Trinajstić information content (AvgIpc) is 3.17. The Morgan fingerprint density at radius 2 is 2.48 bits per heavy atom. The predicted octanol–water partition coefficient (Wildman–Crippen LogP) is 0.773. The summed E-state index contributed by atoms with van der Waals surface area (Å²) >= 11 is 0. The van der Waals surface area contributed by atoms with Gasteiger partial charge in [0.25, 0.3) is 0 Å². The van der Waals surface area contributed by atoms with Gasteiger partial charge in [-0.05, 0) is 12.8 Å². The van der Waals surface area contributed by atoms with Crippen molar-refractivity contribution in [2.45, 2.75) is 24.9 Å². The molecule has 0 radical (unpaired) electrons. The molecule has 7 heteroatoms. The van der Waals surface area contributed by atoms with Crippen molar-refractivity contribution in [3.63, 3.8) is 0 Å². The summed E-state index contributed by atoms with van der Waals surface area (Å²) in [5, 5.41) is 10.9. The zero-order valence-corrected chi connectivity index (χ0v) is 11.9. The summed E-state index contributed by atoms with van der Waals surface area (Å²) in [5.41, 5.74) is 1.16. The highest BCUT2D eigenvalue weighted by molar-refractivity contribution is 5.78. The summed E-state index contributed by atoms with van der Waals surface area (Å²) in [6.45, 7) is 1.14. The molecule has 3 heterocycles. The number of hydrogen-bond acceptors (Lipinski definition) is 5. The molecule has 0 saturated carbocycles. The van der Waals surface area contributed by atoms with Crippen molar-refractivity contribution in [2.75, 3.05) is 13.2 Å². The van der Waals surface area contributed by atoms with Crippen LogP contribution in [0.1, 0.15) is 24.1 Å². The molecular weight excluding hydrogens is 272 g/mol. The maximum absolute atomic E-state index is 12.0. The fraction of sp³-hybridized carbons (Fsp3) is 0.500. The van der Waals surface area contributed by atoms with E-state index in [9.17, 15) is 4.79 Å². The summed E-state index contributed by atoms with van der Waals surface area (Å²) in [6, 6.07) is 1.68. The summed E-state index contributed by atoms with van der Waals surface area (Å²) in [7, 11) is 1.87. The van der Waals surface area contributed by atoms with Crippen LogP contribution in [0, 0.1) is 0 Å². The first kappa shape index (κ1) is 13.8. The van der Waals surface area contributed by atoms with Gasteiger partial charge in [-0.3, -0.25) is 9.48 Å². The fourth-order valence-corrected chi connectivity index (χ4v) is 2.62. The molecule has 112 valence electrons. The van der Waals surface area contributed by atoms with Crippen LogP contribution in [-0.2, 0) is 28.6 Å². The molecule has 1 fully saturated rings. The van der Waals surface area contributed by atoms with Crippen molar-refractivity contribution in [1.82, 2.24) is 20.3 Å². The van der Waals surface area contributed by atoms with Crippen LogP contribution in [0.5, 0.6) is 0 Å². The van der Waals surface area contributed by atoms with E-state index in [1.54, 1.807) is 16.9 Å². The second kappa shape index (κ2) is 5.69. The number of nitrogens with zero attached hydrogens (tertiary/aromatic N) is 3. The van der Waals surface area contributed by atoms with Crippen LogP contribution in [0.25, 0.3) is 0 Å². The Kier molecular flexibility index (Phi) is 3.74. The summed E-state index contributed by atoms with van der Waals surface area (Å²) in [4.78, 5) is 12.0. The lowest BCUT2D eigenvalue weighted by Crippen LogP contribution is -2.40. The van der Waals surface area contributed by atoms with Crippen molar-refractivity contribution in [1.29, 1.82) is 0 Å². The number of rotatable bonds is 5. The van der Waals surface area contributed by atoms with E-state index in [0.29, 0.717) is 18.8 Å². The van der Waals surface area contributed by atoms with Crippen molar-refractivity contribution in [2.24, 2.45) is 7.05 Å². The molecule has 1 aliphatic heterocycles. The highest BCUT2D eigenvalue weighted by Crippen LogP contribution is 2.35. The van der Waals surface area contributed by atoms with Crippen molar-refractivity contribution >= 4 is 5.91 Å². The van der Waals surface area contributed by atoms with Crippen LogP contribution in [-0.4, -0.2) is 34.0 Å². The second-order valence-corrected chi connectivity index (χ2v) is 5.29. The van der Waals surface area contributed by atoms with Crippen LogP contribution < -0.4 is 5.32 Å². The Balaban J connectivity index is 1.64. The minimum absolute atomic E-state index is 0.0948. The lowest BCUT2D eigenvalue weighted by Gasteiger charge is -2.27. The van der Waals surface area contributed by atoms with E-state index >= 15 is 0 Å². The monoisotopic (exact) mass is 290 g/mol. The molecule has 7 nitrogen and oxygen atoms in total. The second-order valence-electron chi connectivity index (χ2n) is 5.29. The molecule has 1 N–H and O–H groups in total. The molecule has 0 aromatic carbocycles. The number of amides is 1. The molecule has 1 saturated heterocycles. The Morgan fingerprint density at radius 1 is 1.57 bits per heavy atom. The normalized spacial score (nSPS) is 21.6. The van der Waals surface area contributed by atoms with Gasteiger partial charge in [0.15, 0.2) is 0 Å². The van der Waals surface area contributed by atoms with Crippen LogP contribution in [0.15, 0.2) is 29.2 Å². The summed E-state index contributed by atoms with van der Waals surface area (Å²) < 4.78 is 12.4. The smallest absolute Gasteiger partial charge is 0.226 e. The maximum atomic E-state index is 12.0. The largest absolute Gasteiger partial charge is 0.368 e. The molecule has 1 aliphatic rings. The number of ether oxygens (including phenoxy) is 1. The Labute approximate surface area is 122 Å². The minimum Gasteiger partial charge on any atom is -0.368 e. The standard InChI is InChI=1S/C14H18N4O3/c1-18-9-11(8-16-18)14(4-2-5-20-14)10-15-13(19)7-12-3-6-21-17-12/h3,6,8-9H,2,4-5,7,10H2,1H3,(H,15,19). The van der Waals surface area contributed by atoms with Crippen molar-refractivity contribution < 1.29 is 14.1 Å². The summed E-state index contributed by atoms with van der Waals surface area (Å²) in [6.07, 6.45) is 7.26. The number of nitrogens with one attached hydrogen (secondary N) is 1. The molecular formula is C14H18N4O3. The average molecular weight is 290 g/mol. The topological polar surface area (TPSA) is 82.2 Å². The van der Waals surface area contributed by atoms with Gasteiger partial charge in [-0.1, -0.05) is 5.16 Å². The lowest BCUT2D eigenvalue weighted by atomic mass is 9.93.